The summed E-state index contributed by atoms with van der Waals surface area (Å²) in [7, 11) is 1.72. The number of hydrogen-bond acceptors (Lipinski definition) is 4. The van der Waals surface area contributed by atoms with E-state index in [1.54, 1.807) is 24.1 Å². The molecule has 1 aromatic heterocycles. The van der Waals surface area contributed by atoms with Gasteiger partial charge in [0, 0.05) is 19.2 Å². The molecular weight excluding hydrogens is 260 g/mol. The first-order chi connectivity index (χ1) is 9.40. The van der Waals surface area contributed by atoms with E-state index in [9.17, 15) is 9.59 Å². The van der Waals surface area contributed by atoms with Crippen molar-refractivity contribution in [1.29, 1.82) is 0 Å². The van der Waals surface area contributed by atoms with Crippen molar-refractivity contribution in [2.45, 2.75) is 19.9 Å². The fourth-order valence-electron chi connectivity index (χ4n) is 1.27. The van der Waals surface area contributed by atoms with Crippen LogP contribution in [0.5, 0.6) is 5.75 Å². The number of hydrogen-bond donors (Lipinski definition) is 1. The normalized spacial score (nSPS) is 10.8. The molecule has 0 fully saturated rings. The zero-order valence-corrected chi connectivity index (χ0v) is 11.7. The van der Waals surface area contributed by atoms with Crippen molar-refractivity contribution >= 4 is 18.0 Å². The molecule has 0 saturated heterocycles. The van der Waals surface area contributed by atoms with E-state index < -0.39 is 5.97 Å². The van der Waals surface area contributed by atoms with E-state index in [1.165, 1.54) is 12.3 Å². The SMILES string of the molecule is CC(C)N(C)C(=O)COc1ccc(C=CC(=O)O)nc1. The van der Waals surface area contributed by atoms with Crippen LogP contribution in [0.2, 0.25) is 0 Å². The third-order valence-corrected chi connectivity index (χ3v) is 2.69. The van der Waals surface area contributed by atoms with Gasteiger partial charge in [-0.2, -0.15) is 0 Å². The quantitative estimate of drug-likeness (QED) is 0.796. The van der Waals surface area contributed by atoms with Crippen LogP contribution in [0.25, 0.3) is 6.08 Å². The molecule has 108 valence electrons. The molecule has 0 aliphatic rings. The molecule has 0 bridgehead atoms. The van der Waals surface area contributed by atoms with Gasteiger partial charge in [0.1, 0.15) is 5.75 Å². The van der Waals surface area contributed by atoms with Crippen molar-refractivity contribution in [1.82, 2.24) is 9.88 Å². The van der Waals surface area contributed by atoms with Gasteiger partial charge in [-0.25, -0.2) is 4.79 Å². The maximum absolute atomic E-state index is 11.7. The van der Waals surface area contributed by atoms with Gasteiger partial charge in [0.2, 0.25) is 0 Å². The van der Waals surface area contributed by atoms with Gasteiger partial charge in [-0.1, -0.05) is 0 Å². The topological polar surface area (TPSA) is 79.7 Å². The van der Waals surface area contributed by atoms with Crippen LogP contribution < -0.4 is 4.74 Å². The molecule has 6 heteroatoms. The highest BCUT2D eigenvalue weighted by Crippen LogP contribution is 2.10. The number of aliphatic carboxylic acids is 1. The van der Waals surface area contributed by atoms with Gasteiger partial charge < -0.3 is 14.7 Å². The summed E-state index contributed by atoms with van der Waals surface area (Å²) in [4.78, 5) is 27.7. The van der Waals surface area contributed by atoms with Crippen LogP contribution in [0.1, 0.15) is 19.5 Å². The molecule has 1 rings (SSSR count). The number of carbonyl (C=O) groups is 2. The molecular formula is C14H18N2O4. The number of nitrogens with zero attached hydrogens (tertiary/aromatic N) is 2. The van der Waals surface area contributed by atoms with Crippen molar-refractivity contribution < 1.29 is 19.4 Å². The van der Waals surface area contributed by atoms with E-state index in [-0.39, 0.29) is 18.6 Å². The van der Waals surface area contributed by atoms with Crippen molar-refractivity contribution in [3.63, 3.8) is 0 Å². The van der Waals surface area contributed by atoms with E-state index >= 15 is 0 Å². The second-order valence-electron chi connectivity index (χ2n) is 4.48. The molecule has 1 heterocycles. The fraction of sp³-hybridized carbons (Fsp3) is 0.357. The highest BCUT2D eigenvalue weighted by atomic mass is 16.5. The van der Waals surface area contributed by atoms with Crippen molar-refractivity contribution in [3.8, 4) is 5.75 Å². The van der Waals surface area contributed by atoms with Crippen molar-refractivity contribution in [2.24, 2.45) is 0 Å². The molecule has 0 aliphatic carbocycles. The number of carbonyl (C=O) groups excluding carboxylic acids is 1. The van der Waals surface area contributed by atoms with Gasteiger partial charge in [0.25, 0.3) is 5.91 Å². The molecule has 0 saturated carbocycles. The molecule has 20 heavy (non-hydrogen) atoms. The van der Waals surface area contributed by atoms with E-state index in [0.29, 0.717) is 11.4 Å². The summed E-state index contributed by atoms with van der Waals surface area (Å²) >= 11 is 0. The lowest BCUT2D eigenvalue weighted by Gasteiger charge is -2.21. The maximum atomic E-state index is 11.7. The summed E-state index contributed by atoms with van der Waals surface area (Å²) in [6, 6.07) is 3.37. The van der Waals surface area contributed by atoms with Crippen LogP contribution in [0, 0.1) is 0 Å². The molecule has 6 nitrogen and oxygen atoms in total. The first-order valence-corrected chi connectivity index (χ1v) is 6.15. The standard InChI is InChI=1S/C14H18N2O4/c1-10(2)16(3)13(17)9-20-12-6-4-11(15-8-12)5-7-14(18)19/h4-8,10H,9H2,1-3H3,(H,18,19). The summed E-state index contributed by atoms with van der Waals surface area (Å²) < 4.78 is 5.33. The minimum Gasteiger partial charge on any atom is -0.482 e. The number of pyridine rings is 1. The maximum Gasteiger partial charge on any atom is 0.328 e. The zero-order chi connectivity index (χ0) is 15.1. The van der Waals surface area contributed by atoms with Crippen LogP contribution in [-0.4, -0.2) is 46.6 Å². The minimum absolute atomic E-state index is 0.0549. The predicted molar refractivity (Wildman–Crippen MR) is 74.3 cm³/mol. The van der Waals surface area contributed by atoms with E-state index in [4.69, 9.17) is 9.84 Å². The van der Waals surface area contributed by atoms with Crippen LogP contribution >= 0.6 is 0 Å². The van der Waals surface area contributed by atoms with Gasteiger partial charge in [-0.05, 0) is 32.1 Å². The molecule has 0 atom stereocenters. The lowest BCUT2D eigenvalue weighted by molar-refractivity contribution is -0.133. The Bertz CT molecular complexity index is 494. The van der Waals surface area contributed by atoms with Crippen LogP contribution in [-0.2, 0) is 9.59 Å². The number of aromatic nitrogens is 1. The van der Waals surface area contributed by atoms with Gasteiger partial charge in [-0.3, -0.25) is 9.78 Å². The number of rotatable bonds is 6. The highest BCUT2D eigenvalue weighted by Gasteiger charge is 2.12. The Morgan fingerprint density at radius 2 is 2.15 bits per heavy atom. The highest BCUT2D eigenvalue weighted by molar-refractivity contribution is 5.84. The summed E-state index contributed by atoms with van der Waals surface area (Å²) in [6.07, 6.45) is 3.83. The van der Waals surface area contributed by atoms with Crippen molar-refractivity contribution in [2.75, 3.05) is 13.7 Å². The lowest BCUT2D eigenvalue weighted by atomic mass is 10.3. The number of amides is 1. The Labute approximate surface area is 117 Å². The van der Waals surface area contributed by atoms with Gasteiger partial charge in [0.05, 0.1) is 11.9 Å². The average Bonchev–Trinajstić information content (AvgIpc) is 2.42. The van der Waals surface area contributed by atoms with Gasteiger partial charge in [0.15, 0.2) is 6.61 Å². The Balaban J connectivity index is 2.54. The summed E-state index contributed by atoms with van der Waals surface area (Å²) in [5, 5.41) is 8.49. The minimum atomic E-state index is -1.03. The average molecular weight is 278 g/mol. The summed E-state index contributed by atoms with van der Waals surface area (Å²) in [5.41, 5.74) is 0.505. The number of ether oxygens (including phenoxy) is 1. The fourth-order valence-corrected chi connectivity index (χ4v) is 1.27. The smallest absolute Gasteiger partial charge is 0.328 e. The molecule has 1 amide bonds. The number of carboxylic acids is 1. The van der Waals surface area contributed by atoms with Crippen LogP contribution in [0.4, 0.5) is 0 Å². The van der Waals surface area contributed by atoms with E-state index in [1.807, 2.05) is 13.8 Å². The Hall–Kier alpha value is -2.37. The predicted octanol–water partition coefficient (Wildman–Crippen LogP) is 1.43. The Morgan fingerprint density at radius 3 is 2.65 bits per heavy atom. The molecule has 0 aromatic carbocycles. The summed E-state index contributed by atoms with van der Waals surface area (Å²) in [6.45, 7) is 3.78. The second-order valence-corrected chi connectivity index (χ2v) is 4.48. The molecule has 1 N–H and O–H groups in total. The second kappa shape index (κ2) is 7.28. The number of carboxylic acid groups (broad SMARTS) is 1. The third kappa shape index (κ3) is 5.09. The molecule has 0 spiro atoms. The zero-order valence-electron chi connectivity index (χ0n) is 11.7. The number of likely N-dealkylation sites (N-methyl/N-ethyl adjacent to an activating group) is 1. The lowest BCUT2D eigenvalue weighted by Crippen LogP contribution is -2.36. The monoisotopic (exact) mass is 278 g/mol. The molecule has 0 unspecified atom stereocenters. The van der Waals surface area contributed by atoms with Gasteiger partial charge >= 0.3 is 5.97 Å². The van der Waals surface area contributed by atoms with Crippen LogP contribution in [0.15, 0.2) is 24.4 Å². The Kier molecular flexibility index (Phi) is 5.71. The largest absolute Gasteiger partial charge is 0.482 e. The van der Waals surface area contributed by atoms with E-state index in [0.717, 1.165) is 6.08 Å². The van der Waals surface area contributed by atoms with Gasteiger partial charge in [-0.15, -0.1) is 0 Å². The van der Waals surface area contributed by atoms with Crippen molar-refractivity contribution in [3.05, 3.63) is 30.1 Å². The summed E-state index contributed by atoms with van der Waals surface area (Å²) in [5.74, 6) is -0.688. The molecule has 0 aliphatic heterocycles. The molecule has 1 aromatic rings. The third-order valence-electron chi connectivity index (χ3n) is 2.69. The Morgan fingerprint density at radius 1 is 1.45 bits per heavy atom. The molecule has 0 radical (unpaired) electrons. The first-order valence-electron chi connectivity index (χ1n) is 6.15. The van der Waals surface area contributed by atoms with Crippen LogP contribution in [0.3, 0.4) is 0 Å². The first kappa shape index (κ1) is 15.7. The van der Waals surface area contributed by atoms with E-state index in [2.05, 4.69) is 4.98 Å².